The lowest BCUT2D eigenvalue weighted by Gasteiger charge is -2.19. The van der Waals surface area contributed by atoms with E-state index in [1.54, 1.807) is 7.05 Å². The van der Waals surface area contributed by atoms with E-state index in [0.717, 1.165) is 28.5 Å². The van der Waals surface area contributed by atoms with Gasteiger partial charge >= 0.3 is 0 Å². The van der Waals surface area contributed by atoms with Gasteiger partial charge in [-0.05, 0) is 18.6 Å². The molecule has 1 unspecified atom stereocenters. The van der Waals surface area contributed by atoms with Crippen molar-refractivity contribution < 1.29 is 0 Å². The predicted octanol–water partition coefficient (Wildman–Crippen LogP) is 5.31. The Morgan fingerprint density at radius 1 is 1.00 bits per heavy atom. The Morgan fingerprint density at radius 2 is 1.70 bits per heavy atom. The largest absolute Gasteiger partial charge is 0.300 e. The molecule has 27 heavy (non-hydrogen) atoms. The Morgan fingerprint density at radius 3 is 2.30 bits per heavy atom. The standard InChI is InChI=1S/C22H31N5/c1-14(2)19-25-20(27-21(26-19)22(5,6)7)17-10-9-16(4)18(11-17)24-13-15(3)12-23-8/h9-15H,1-8H3. The third-order valence-corrected chi connectivity index (χ3v) is 4.14. The number of benzene rings is 1. The van der Waals surface area contributed by atoms with E-state index in [2.05, 4.69) is 75.6 Å². The Kier molecular flexibility index (Phi) is 6.58. The first-order valence-corrected chi connectivity index (χ1v) is 9.45. The van der Waals surface area contributed by atoms with Crippen LogP contribution in [-0.2, 0) is 5.41 Å². The second-order valence-corrected chi connectivity index (χ2v) is 8.29. The molecule has 0 saturated heterocycles. The van der Waals surface area contributed by atoms with Crippen LogP contribution in [0.5, 0.6) is 0 Å². The summed E-state index contributed by atoms with van der Waals surface area (Å²) in [5.74, 6) is 2.77. The average molecular weight is 366 g/mol. The van der Waals surface area contributed by atoms with E-state index in [1.807, 2.05) is 18.5 Å². The van der Waals surface area contributed by atoms with Crippen LogP contribution in [0.25, 0.3) is 11.4 Å². The predicted molar refractivity (Wildman–Crippen MR) is 115 cm³/mol. The summed E-state index contributed by atoms with van der Waals surface area (Å²) in [5.41, 5.74) is 2.86. The first kappa shape index (κ1) is 20.9. The maximum Gasteiger partial charge on any atom is 0.163 e. The summed E-state index contributed by atoms with van der Waals surface area (Å²) in [6, 6.07) is 6.17. The molecule has 0 saturated carbocycles. The number of aliphatic imine (C=N–C) groups is 2. The summed E-state index contributed by atoms with van der Waals surface area (Å²) < 4.78 is 0. The molecule has 0 fully saturated rings. The molecule has 0 N–H and O–H groups in total. The Hall–Kier alpha value is -2.43. The molecule has 2 aromatic rings. The van der Waals surface area contributed by atoms with Crippen molar-refractivity contribution in [3.8, 4) is 11.4 Å². The van der Waals surface area contributed by atoms with Gasteiger partial charge < -0.3 is 4.99 Å². The van der Waals surface area contributed by atoms with Crippen LogP contribution in [0.2, 0.25) is 0 Å². The van der Waals surface area contributed by atoms with Gasteiger partial charge in [0.05, 0.1) is 5.69 Å². The van der Waals surface area contributed by atoms with Gasteiger partial charge in [0.15, 0.2) is 5.82 Å². The van der Waals surface area contributed by atoms with Crippen molar-refractivity contribution in [3.63, 3.8) is 0 Å². The van der Waals surface area contributed by atoms with Gasteiger partial charge in [0.25, 0.3) is 0 Å². The van der Waals surface area contributed by atoms with Gasteiger partial charge in [-0.3, -0.25) is 4.99 Å². The van der Waals surface area contributed by atoms with Crippen LogP contribution in [0.4, 0.5) is 5.69 Å². The molecule has 5 nitrogen and oxygen atoms in total. The molecule has 0 amide bonds. The molecule has 1 atom stereocenters. The van der Waals surface area contributed by atoms with E-state index in [1.165, 1.54) is 0 Å². The van der Waals surface area contributed by atoms with Crippen LogP contribution in [0, 0.1) is 12.8 Å². The molecule has 5 heteroatoms. The fourth-order valence-corrected chi connectivity index (χ4v) is 2.47. The van der Waals surface area contributed by atoms with Gasteiger partial charge in [-0.2, -0.15) is 0 Å². The zero-order valence-corrected chi connectivity index (χ0v) is 17.8. The SMILES string of the molecule is CN=CC(C)C=Nc1cc(-c2nc(C(C)C)nc(C(C)(C)C)n2)ccc1C. The molecule has 1 aromatic heterocycles. The highest BCUT2D eigenvalue weighted by Gasteiger charge is 2.21. The normalized spacial score (nSPS) is 13.8. The van der Waals surface area contributed by atoms with Crippen LogP contribution >= 0.6 is 0 Å². The molecule has 1 heterocycles. The minimum atomic E-state index is -0.137. The van der Waals surface area contributed by atoms with Crippen LogP contribution < -0.4 is 0 Å². The van der Waals surface area contributed by atoms with E-state index in [-0.39, 0.29) is 17.3 Å². The van der Waals surface area contributed by atoms with Gasteiger partial charge in [0, 0.05) is 42.3 Å². The van der Waals surface area contributed by atoms with Gasteiger partial charge in [-0.1, -0.05) is 53.7 Å². The molecule has 144 valence electrons. The molecular weight excluding hydrogens is 334 g/mol. The van der Waals surface area contributed by atoms with Crippen LogP contribution in [0.3, 0.4) is 0 Å². The number of hydrogen-bond acceptors (Lipinski definition) is 5. The van der Waals surface area contributed by atoms with E-state index in [9.17, 15) is 0 Å². The second kappa shape index (κ2) is 8.51. The van der Waals surface area contributed by atoms with Gasteiger partial charge in [0.2, 0.25) is 0 Å². The number of hydrogen-bond donors (Lipinski definition) is 0. The monoisotopic (exact) mass is 365 g/mol. The highest BCUT2D eigenvalue weighted by atomic mass is 15.0. The molecular formula is C22H31N5. The minimum Gasteiger partial charge on any atom is -0.300 e. The zero-order chi connectivity index (χ0) is 20.2. The first-order valence-electron chi connectivity index (χ1n) is 9.45. The van der Waals surface area contributed by atoms with E-state index < -0.39 is 0 Å². The molecule has 0 aliphatic rings. The zero-order valence-electron chi connectivity index (χ0n) is 17.8. The van der Waals surface area contributed by atoms with Crippen molar-refractivity contribution in [3.05, 3.63) is 35.4 Å². The number of aromatic nitrogens is 3. The minimum absolute atomic E-state index is 0.137. The average Bonchev–Trinajstić information content (AvgIpc) is 2.60. The summed E-state index contributed by atoms with van der Waals surface area (Å²) in [6.07, 6.45) is 3.78. The first-order chi connectivity index (χ1) is 12.6. The van der Waals surface area contributed by atoms with Crippen LogP contribution in [-0.4, -0.2) is 34.4 Å². The van der Waals surface area contributed by atoms with Crippen molar-refractivity contribution >= 4 is 18.1 Å². The highest BCUT2D eigenvalue weighted by molar-refractivity contribution is 5.84. The summed E-state index contributed by atoms with van der Waals surface area (Å²) in [5, 5.41) is 0. The van der Waals surface area contributed by atoms with E-state index in [0.29, 0.717) is 5.82 Å². The third kappa shape index (κ3) is 5.52. The van der Waals surface area contributed by atoms with E-state index >= 15 is 0 Å². The maximum absolute atomic E-state index is 4.76. The molecule has 2 rings (SSSR count). The van der Waals surface area contributed by atoms with Crippen molar-refractivity contribution in [1.82, 2.24) is 15.0 Å². The van der Waals surface area contributed by atoms with Crippen LogP contribution in [0.15, 0.2) is 28.2 Å². The lowest BCUT2D eigenvalue weighted by Crippen LogP contribution is -2.19. The molecule has 0 spiro atoms. The van der Waals surface area contributed by atoms with E-state index in [4.69, 9.17) is 9.97 Å². The summed E-state index contributed by atoms with van der Waals surface area (Å²) >= 11 is 0. The fraction of sp³-hybridized carbons (Fsp3) is 0.500. The van der Waals surface area contributed by atoms with Crippen LogP contribution in [0.1, 0.15) is 64.7 Å². The lowest BCUT2D eigenvalue weighted by molar-refractivity contribution is 0.533. The summed E-state index contributed by atoms with van der Waals surface area (Å²) in [7, 11) is 1.77. The second-order valence-electron chi connectivity index (χ2n) is 8.29. The van der Waals surface area contributed by atoms with Crippen molar-refractivity contribution in [2.24, 2.45) is 15.9 Å². The third-order valence-electron chi connectivity index (χ3n) is 4.14. The fourth-order valence-electron chi connectivity index (χ4n) is 2.47. The molecule has 0 radical (unpaired) electrons. The maximum atomic E-state index is 4.76. The van der Waals surface area contributed by atoms with Gasteiger partial charge in [0.1, 0.15) is 11.6 Å². The summed E-state index contributed by atoms with van der Waals surface area (Å²) in [6.45, 7) is 14.7. The smallest absolute Gasteiger partial charge is 0.163 e. The number of rotatable bonds is 5. The number of nitrogens with zero attached hydrogens (tertiary/aromatic N) is 5. The van der Waals surface area contributed by atoms with Crippen molar-refractivity contribution in [2.45, 2.75) is 59.8 Å². The number of aryl methyl sites for hydroxylation is 1. The molecule has 0 aliphatic heterocycles. The Labute approximate surface area is 163 Å². The van der Waals surface area contributed by atoms with Crippen molar-refractivity contribution in [1.29, 1.82) is 0 Å². The van der Waals surface area contributed by atoms with Gasteiger partial charge in [-0.25, -0.2) is 15.0 Å². The Bertz CT molecular complexity index is 844. The quantitative estimate of drug-likeness (QED) is 0.675. The molecule has 1 aromatic carbocycles. The van der Waals surface area contributed by atoms with Crippen molar-refractivity contribution in [2.75, 3.05) is 7.05 Å². The molecule has 0 aliphatic carbocycles. The summed E-state index contributed by atoms with van der Waals surface area (Å²) in [4.78, 5) is 22.9. The Balaban J connectivity index is 2.52. The lowest BCUT2D eigenvalue weighted by atomic mass is 9.95. The topological polar surface area (TPSA) is 63.4 Å². The van der Waals surface area contributed by atoms with Gasteiger partial charge in [-0.15, -0.1) is 0 Å². The molecule has 0 bridgehead atoms. The highest BCUT2D eigenvalue weighted by Crippen LogP contribution is 2.28.